The predicted octanol–water partition coefficient (Wildman–Crippen LogP) is 3.69. The van der Waals surface area contributed by atoms with Gasteiger partial charge in [-0.2, -0.15) is 4.31 Å². The molecule has 1 fully saturated rings. The summed E-state index contributed by atoms with van der Waals surface area (Å²) in [6.07, 6.45) is 1.29. The number of piperidine rings is 1. The Balaban J connectivity index is 1.73. The Kier molecular flexibility index (Phi) is 5.65. The summed E-state index contributed by atoms with van der Waals surface area (Å²) in [5.74, 6) is -0.609. The van der Waals surface area contributed by atoms with Crippen LogP contribution in [0.2, 0.25) is 5.02 Å². The van der Waals surface area contributed by atoms with E-state index in [2.05, 4.69) is 5.32 Å². The van der Waals surface area contributed by atoms with Gasteiger partial charge in [-0.25, -0.2) is 8.42 Å². The summed E-state index contributed by atoms with van der Waals surface area (Å²) in [6, 6.07) is 13.8. The minimum absolute atomic E-state index is 0.173. The first-order valence-electron chi connectivity index (χ1n) is 8.50. The molecule has 1 saturated heterocycles. The maximum atomic E-state index is 12.9. The maximum absolute atomic E-state index is 12.9. The molecule has 1 aliphatic rings. The summed E-state index contributed by atoms with van der Waals surface area (Å²) in [7, 11) is -3.60. The average molecular weight is 393 g/mol. The number of nitrogens with zero attached hydrogens (tertiary/aromatic N) is 1. The monoisotopic (exact) mass is 392 g/mol. The smallest absolute Gasteiger partial charge is 0.243 e. The van der Waals surface area contributed by atoms with Crippen molar-refractivity contribution < 1.29 is 13.2 Å². The lowest BCUT2D eigenvalue weighted by Gasteiger charge is -2.31. The fourth-order valence-corrected chi connectivity index (χ4v) is 4.74. The minimum atomic E-state index is -3.60. The second kappa shape index (κ2) is 7.78. The Hall–Kier alpha value is -1.89. The van der Waals surface area contributed by atoms with Gasteiger partial charge in [-0.15, -0.1) is 0 Å². The van der Waals surface area contributed by atoms with Crippen LogP contribution < -0.4 is 5.32 Å². The first-order chi connectivity index (χ1) is 12.4. The van der Waals surface area contributed by atoms with Crippen molar-refractivity contribution in [2.75, 3.05) is 18.4 Å². The molecular weight excluding hydrogens is 372 g/mol. The second-order valence-corrected chi connectivity index (χ2v) is 8.83. The van der Waals surface area contributed by atoms with Crippen LogP contribution in [-0.2, 0) is 14.8 Å². The van der Waals surface area contributed by atoms with Gasteiger partial charge >= 0.3 is 0 Å². The molecule has 7 heteroatoms. The number of hydrogen-bond acceptors (Lipinski definition) is 3. The van der Waals surface area contributed by atoms with E-state index in [1.807, 2.05) is 6.92 Å². The quantitative estimate of drug-likeness (QED) is 0.862. The molecule has 0 aliphatic carbocycles. The molecule has 2 aromatic carbocycles. The van der Waals surface area contributed by atoms with Gasteiger partial charge in [0.25, 0.3) is 0 Å². The summed E-state index contributed by atoms with van der Waals surface area (Å²) in [5.41, 5.74) is 1.54. The lowest BCUT2D eigenvalue weighted by atomic mass is 9.99. The zero-order chi connectivity index (χ0) is 18.7. The number of sulfonamides is 1. The number of rotatable bonds is 4. The number of benzene rings is 2. The second-order valence-electron chi connectivity index (χ2n) is 6.48. The Morgan fingerprint density at radius 2 is 1.85 bits per heavy atom. The van der Waals surface area contributed by atoms with Gasteiger partial charge in [-0.05, 0) is 44.0 Å². The number of para-hydroxylation sites is 1. The molecule has 0 bridgehead atoms. The van der Waals surface area contributed by atoms with Gasteiger partial charge in [0.2, 0.25) is 15.9 Å². The van der Waals surface area contributed by atoms with Gasteiger partial charge in [-0.3, -0.25) is 4.79 Å². The fourth-order valence-electron chi connectivity index (χ4n) is 3.03. The minimum Gasteiger partial charge on any atom is -0.324 e. The van der Waals surface area contributed by atoms with Crippen molar-refractivity contribution >= 4 is 33.2 Å². The van der Waals surface area contributed by atoms with Crippen molar-refractivity contribution in [3.8, 4) is 0 Å². The third kappa shape index (κ3) is 4.09. The third-order valence-corrected chi connectivity index (χ3v) is 6.75. The van der Waals surface area contributed by atoms with Crippen LogP contribution >= 0.6 is 11.6 Å². The van der Waals surface area contributed by atoms with Crippen LogP contribution in [0.15, 0.2) is 53.4 Å². The normalized spacial score (nSPS) is 18.5. The molecule has 2 aromatic rings. The molecule has 138 valence electrons. The highest BCUT2D eigenvalue weighted by Crippen LogP contribution is 2.26. The maximum Gasteiger partial charge on any atom is 0.243 e. The molecule has 0 spiro atoms. The lowest BCUT2D eigenvalue weighted by molar-refractivity contribution is -0.120. The van der Waals surface area contributed by atoms with Crippen LogP contribution in [-0.4, -0.2) is 31.7 Å². The average Bonchev–Trinajstić information content (AvgIpc) is 2.64. The van der Waals surface area contributed by atoms with Gasteiger partial charge in [0, 0.05) is 13.1 Å². The predicted molar refractivity (Wildman–Crippen MR) is 103 cm³/mol. The molecule has 5 nitrogen and oxygen atoms in total. The third-order valence-electron chi connectivity index (χ3n) is 4.55. The van der Waals surface area contributed by atoms with E-state index in [0.29, 0.717) is 30.1 Å². The Labute approximate surface area is 159 Å². The van der Waals surface area contributed by atoms with Crippen LogP contribution in [0.5, 0.6) is 0 Å². The summed E-state index contributed by atoms with van der Waals surface area (Å²) in [6.45, 7) is 2.50. The van der Waals surface area contributed by atoms with Crippen molar-refractivity contribution in [3.05, 3.63) is 59.1 Å². The van der Waals surface area contributed by atoms with Crippen LogP contribution in [0.3, 0.4) is 0 Å². The van der Waals surface area contributed by atoms with Crippen molar-refractivity contribution in [3.63, 3.8) is 0 Å². The highest BCUT2D eigenvalue weighted by molar-refractivity contribution is 7.89. The molecule has 1 heterocycles. The van der Waals surface area contributed by atoms with Crippen LogP contribution in [0.25, 0.3) is 0 Å². The van der Waals surface area contributed by atoms with E-state index < -0.39 is 15.9 Å². The lowest BCUT2D eigenvalue weighted by Crippen LogP contribution is -2.43. The summed E-state index contributed by atoms with van der Waals surface area (Å²) in [5, 5.41) is 3.27. The molecule has 0 radical (unpaired) electrons. The Morgan fingerprint density at radius 3 is 2.54 bits per heavy atom. The first kappa shape index (κ1) is 18.9. The highest BCUT2D eigenvalue weighted by Gasteiger charge is 2.33. The zero-order valence-corrected chi connectivity index (χ0v) is 16.1. The number of aryl methyl sites for hydroxylation is 1. The number of carbonyl (C=O) groups excluding carboxylic acids is 1. The molecule has 3 rings (SSSR count). The number of anilines is 1. The van der Waals surface area contributed by atoms with Gasteiger partial charge in [0.05, 0.1) is 21.5 Å². The van der Waals surface area contributed by atoms with Crippen molar-refractivity contribution in [1.29, 1.82) is 0 Å². The topological polar surface area (TPSA) is 66.5 Å². The number of amides is 1. The van der Waals surface area contributed by atoms with E-state index in [9.17, 15) is 13.2 Å². The molecule has 1 amide bonds. The fraction of sp³-hybridized carbons (Fsp3) is 0.316. The standard InChI is InChI=1S/C19H21ClN2O3S/c1-14-8-10-16(11-9-14)26(24,25)22-12-4-5-15(13-22)19(23)21-18-7-3-2-6-17(18)20/h2-3,6-11,15H,4-5,12-13H2,1H3,(H,21,23)/t15-/m0/s1. The Morgan fingerprint density at radius 1 is 1.15 bits per heavy atom. The van der Waals surface area contributed by atoms with Crippen LogP contribution in [0.4, 0.5) is 5.69 Å². The van der Waals surface area contributed by atoms with Crippen molar-refractivity contribution in [2.24, 2.45) is 5.92 Å². The van der Waals surface area contributed by atoms with E-state index >= 15 is 0 Å². The first-order valence-corrected chi connectivity index (χ1v) is 10.3. The van der Waals surface area contributed by atoms with Crippen LogP contribution in [0, 0.1) is 12.8 Å². The van der Waals surface area contributed by atoms with Crippen LogP contribution in [0.1, 0.15) is 18.4 Å². The zero-order valence-electron chi connectivity index (χ0n) is 14.5. The van der Waals surface area contributed by atoms with E-state index in [1.165, 1.54) is 4.31 Å². The van der Waals surface area contributed by atoms with Crippen molar-refractivity contribution in [1.82, 2.24) is 4.31 Å². The molecular formula is C19H21ClN2O3S. The molecule has 1 N–H and O–H groups in total. The summed E-state index contributed by atoms with van der Waals surface area (Å²) < 4.78 is 27.1. The van der Waals surface area contributed by atoms with Gasteiger partial charge < -0.3 is 5.32 Å². The number of carbonyl (C=O) groups is 1. The highest BCUT2D eigenvalue weighted by atomic mass is 35.5. The Bertz CT molecular complexity index is 897. The molecule has 1 atom stereocenters. The largest absolute Gasteiger partial charge is 0.324 e. The molecule has 0 aromatic heterocycles. The number of nitrogens with one attached hydrogen (secondary N) is 1. The molecule has 26 heavy (non-hydrogen) atoms. The summed E-state index contributed by atoms with van der Waals surface area (Å²) in [4.78, 5) is 12.8. The van der Waals surface area contributed by atoms with Gasteiger partial charge in [0.1, 0.15) is 0 Å². The molecule has 0 saturated carbocycles. The summed E-state index contributed by atoms with van der Waals surface area (Å²) >= 11 is 6.08. The number of halogens is 1. The van der Waals surface area contributed by atoms with E-state index in [4.69, 9.17) is 11.6 Å². The SMILES string of the molecule is Cc1ccc(S(=O)(=O)N2CCC[C@H](C(=O)Nc3ccccc3Cl)C2)cc1. The van der Waals surface area contributed by atoms with Crippen molar-refractivity contribution in [2.45, 2.75) is 24.7 Å². The molecule has 1 aliphatic heterocycles. The van der Waals surface area contributed by atoms with Gasteiger partial charge in [-0.1, -0.05) is 41.4 Å². The van der Waals surface area contributed by atoms with E-state index in [0.717, 1.165) is 5.56 Å². The number of hydrogen-bond donors (Lipinski definition) is 1. The van der Waals surface area contributed by atoms with E-state index in [1.54, 1.807) is 48.5 Å². The van der Waals surface area contributed by atoms with E-state index in [-0.39, 0.29) is 17.3 Å². The molecule has 0 unspecified atom stereocenters. The van der Waals surface area contributed by atoms with Gasteiger partial charge in [0.15, 0.2) is 0 Å².